The summed E-state index contributed by atoms with van der Waals surface area (Å²) < 4.78 is 0. The van der Waals surface area contributed by atoms with Gasteiger partial charge in [0.2, 0.25) is 0 Å². The van der Waals surface area contributed by atoms with Crippen LogP contribution >= 0.6 is 0 Å². The van der Waals surface area contributed by atoms with Gasteiger partial charge in [0.15, 0.2) is 0 Å². The summed E-state index contributed by atoms with van der Waals surface area (Å²) in [4.78, 5) is 0. The molecule has 0 atom stereocenters. The standard InChI is InChI=1S/C21H26.Li/c1-20(2,3)16-9-7-14-11-15-8-10-17(21(4,5)6)13-19(15)18(14)12-16;/h7-10,12-13H,11H2,1-6H3;. The molecule has 22 heavy (non-hydrogen) atoms. The van der Waals surface area contributed by atoms with Crippen molar-refractivity contribution in [2.24, 2.45) is 0 Å². The van der Waals surface area contributed by atoms with Gasteiger partial charge in [-0.2, -0.15) is 0 Å². The zero-order chi connectivity index (χ0) is 15.4. The van der Waals surface area contributed by atoms with Crippen LogP contribution in [0.4, 0.5) is 0 Å². The van der Waals surface area contributed by atoms with Gasteiger partial charge in [0, 0.05) is 18.9 Å². The SMILES string of the molecule is CC(C)(C)c1ccc2c(c1)-c1cc(C(C)(C)C)ccc1C2.[Li]. The predicted molar refractivity (Wildman–Crippen MR) is 97.8 cm³/mol. The molecule has 0 saturated carbocycles. The molecule has 0 spiro atoms. The van der Waals surface area contributed by atoms with Crippen LogP contribution in [0.3, 0.4) is 0 Å². The summed E-state index contributed by atoms with van der Waals surface area (Å²) in [6, 6.07) is 14.1. The Morgan fingerprint density at radius 2 is 1.00 bits per heavy atom. The molecule has 0 bridgehead atoms. The van der Waals surface area contributed by atoms with E-state index in [0.717, 1.165) is 6.42 Å². The van der Waals surface area contributed by atoms with E-state index in [1.165, 1.54) is 33.4 Å². The van der Waals surface area contributed by atoms with Gasteiger partial charge in [0.25, 0.3) is 0 Å². The summed E-state index contributed by atoms with van der Waals surface area (Å²) in [6.07, 6.45) is 1.08. The number of rotatable bonds is 0. The second kappa shape index (κ2) is 5.59. The third-order valence-corrected chi connectivity index (χ3v) is 4.62. The fourth-order valence-corrected chi connectivity index (χ4v) is 3.10. The fourth-order valence-electron chi connectivity index (χ4n) is 3.10. The number of benzene rings is 2. The van der Waals surface area contributed by atoms with Crippen LogP contribution in [0.5, 0.6) is 0 Å². The van der Waals surface area contributed by atoms with E-state index >= 15 is 0 Å². The van der Waals surface area contributed by atoms with Crippen molar-refractivity contribution in [3.8, 4) is 11.1 Å². The first kappa shape index (κ1) is 17.4. The van der Waals surface area contributed by atoms with Gasteiger partial charge in [-0.3, -0.25) is 0 Å². The summed E-state index contributed by atoms with van der Waals surface area (Å²) in [5, 5.41) is 0. The van der Waals surface area contributed by atoms with Crippen LogP contribution in [0.15, 0.2) is 36.4 Å². The second-order valence-corrected chi connectivity index (χ2v) is 8.42. The maximum atomic E-state index is 2.41. The summed E-state index contributed by atoms with van der Waals surface area (Å²) in [5.74, 6) is 0. The molecular formula is C21H26Li. The molecule has 0 nitrogen and oxygen atoms in total. The molecule has 0 N–H and O–H groups in total. The third kappa shape index (κ3) is 3.05. The summed E-state index contributed by atoms with van der Waals surface area (Å²) in [7, 11) is 0. The molecule has 0 unspecified atom stereocenters. The predicted octanol–water partition coefficient (Wildman–Crippen LogP) is 5.47. The topological polar surface area (TPSA) is 0 Å². The maximum Gasteiger partial charge on any atom is 0 e. The van der Waals surface area contributed by atoms with Crippen molar-refractivity contribution in [1.82, 2.24) is 0 Å². The molecule has 0 fully saturated rings. The molecule has 111 valence electrons. The quantitative estimate of drug-likeness (QED) is 0.480. The molecule has 0 aromatic heterocycles. The molecule has 3 rings (SSSR count). The number of hydrogen-bond acceptors (Lipinski definition) is 0. The Hall–Kier alpha value is -0.963. The van der Waals surface area contributed by atoms with E-state index in [1.807, 2.05) is 0 Å². The Kier molecular flexibility index (Phi) is 4.42. The van der Waals surface area contributed by atoms with Crippen LogP contribution in [-0.4, -0.2) is 18.9 Å². The van der Waals surface area contributed by atoms with E-state index in [1.54, 1.807) is 0 Å². The number of fused-ring (bicyclic) bond motifs is 3. The van der Waals surface area contributed by atoms with Gasteiger partial charge in [-0.15, -0.1) is 0 Å². The van der Waals surface area contributed by atoms with Crippen molar-refractivity contribution in [3.63, 3.8) is 0 Å². The Labute approximate surface area is 147 Å². The minimum absolute atomic E-state index is 0. The first-order valence-electron chi connectivity index (χ1n) is 7.93. The molecule has 0 saturated heterocycles. The van der Waals surface area contributed by atoms with Crippen molar-refractivity contribution in [1.29, 1.82) is 0 Å². The minimum atomic E-state index is 0. The Bertz CT molecular complexity index is 635. The van der Waals surface area contributed by atoms with Gasteiger partial charge >= 0.3 is 0 Å². The fraction of sp³-hybridized carbons (Fsp3) is 0.429. The van der Waals surface area contributed by atoms with E-state index in [9.17, 15) is 0 Å². The molecule has 1 aliphatic rings. The van der Waals surface area contributed by atoms with Crippen LogP contribution in [0.25, 0.3) is 11.1 Å². The monoisotopic (exact) mass is 285 g/mol. The molecule has 2 aromatic rings. The summed E-state index contributed by atoms with van der Waals surface area (Å²) in [6.45, 7) is 13.7. The van der Waals surface area contributed by atoms with Crippen LogP contribution in [0, 0.1) is 0 Å². The molecule has 0 aliphatic heterocycles. The normalized spacial score (nSPS) is 13.4. The van der Waals surface area contributed by atoms with Crippen molar-refractivity contribution < 1.29 is 0 Å². The van der Waals surface area contributed by atoms with E-state index in [-0.39, 0.29) is 29.7 Å². The molecular weight excluding hydrogens is 259 g/mol. The first-order chi connectivity index (χ1) is 9.66. The zero-order valence-corrected chi connectivity index (χ0v) is 15.2. The van der Waals surface area contributed by atoms with Gasteiger partial charge in [-0.05, 0) is 50.6 Å². The first-order valence-corrected chi connectivity index (χ1v) is 7.93. The average molecular weight is 285 g/mol. The molecule has 0 heterocycles. The Balaban J connectivity index is 0.00000176. The van der Waals surface area contributed by atoms with Gasteiger partial charge in [0.1, 0.15) is 0 Å². The Morgan fingerprint density at radius 1 is 0.636 bits per heavy atom. The van der Waals surface area contributed by atoms with Crippen molar-refractivity contribution in [3.05, 3.63) is 58.7 Å². The van der Waals surface area contributed by atoms with Gasteiger partial charge in [-0.25, -0.2) is 0 Å². The van der Waals surface area contributed by atoms with Crippen molar-refractivity contribution in [2.75, 3.05) is 0 Å². The van der Waals surface area contributed by atoms with Crippen molar-refractivity contribution >= 4 is 18.9 Å². The van der Waals surface area contributed by atoms with Crippen molar-refractivity contribution in [2.45, 2.75) is 58.8 Å². The van der Waals surface area contributed by atoms with E-state index in [2.05, 4.69) is 77.9 Å². The van der Waals surface area contributed by atoms with E-state index < -0.39 is 0 Å². The van der Waals surface area contributed by atoms with E-state index in [0.29, 0.717) is 0 Å². The summed E-state index contributed by atoms with van der Waals surface area (Å²) >= 11 is 0. The minimum Gasteiger partial charge on any atom is -0.0582 e. The average Bonchev–Trinajstić information content (AvgIpc) is 2.73. The zero-order valence-electron chi connectivity index (χ0n) is 15.2. The molecule has 1 aliphatic carbocycles. The summed E-state index contributed by atoms with van der Waals surface area (Å²) in [5.41, 5.74) is 9.12. The van der Waals surface area contributed by atoms with Crippen LogP contribution in [0.2, 0.25) is 0 Å². The smallest absolute Gasteiger partial charge is 0 e. The largest absolute Gasteiger partial charge is 0.0582 e. The molecule has 0 amide bonds. The third-order valence-electron chi connectivity index (χ3n) is 4.62. The van der Waals surface area contributed by atoms with Crippen LogP contribution in [0.1, 0.15) is 63.8 Å². The van der Waals surface area contributed by atoms with Crippen LogP contribution < -0.4 is 0 Å². The van der Waals surface area contributed by atoms with Crippen LogP contribution in [-0.2, 0) is 17.3 Å². The molecule has 1 radical (unpaired) electrons. The second-order valence-electron chi connectivity index (χ2n) is 8.42. The van der Waals surface area contributed by atoms with E-state index in [4.69, 9.17) is 0 Å². The Morgan fingerprint density at radius 3 is 1.32 bits per heavy atom. The molecule has 2 aromatic carbocycles. The molecule has 1 heteroatoms. The van der Waals surface area contributed by atoms with Gasteiger partial charge < -0.3 is 0 Å². The number of hydrogen-bond donors (Lipinski definition) is 0. The maximum absolute atomic E-state index is 2.41. The van der Waals surface area contributed by atoms with Gasteiger partial charge in [0.05, 0.1) is 0 Å². The van der Waals surface area contributed by atoms with Gasteiger partial charge in [-0.1, -0.05) is 77.9 Å².